The average molecular weight is 292 g/mol. The van der Waals surface area contributed by atoms with Crippen LogP contribution in [0.15, 0.2) is 30.5 Å². The predicted octanol–water partition coefficient (Wildman–Crippen LogP) is 2.57. The molecular formula is C15H18ClN3O. The van der Waals surface area contributed by atoms with Gasteiger partial charge in [0.1, 0.15) is 5.15 Å². The molecule has 0 bridgehead atoms. The monoisotopic (exact) mass is 291 g/mol. The molecule has 0 aliphatic rings. The van der Waals surface area contributed by atoms with E-state index in [1.165, 1.54) is 0 Å². The maximum absolute atomic E-state index is 12.5. The average Bonchev–Trinajstić information content (AvgIpc) is 2.47. The highest BCUT2D eigenvalue weighted by Gasteiger charge is 2.16. The molecule has 0 aliphatic carbocycles. The second-order valence-electron chi connectivity index (χ2n) is 4.69. The Morgan fingerprint density at radius 3 is 2.75 bits per heavy atom. The summed E-state index contributed by atoms with van der Waals surface area (Å²) in [6.07, 6.45) is 2.47. The molecule has 0 fully saturated rings. The number of halogens is 1. The van der Waals surface area contributed by atoms with Crippen molar-refractivity contribution in [2.45, 2.75) is 6.42 Å². The Morgan fingerprint density at radius 1 is 1.35 bits per heavy atom. The Morgan fingerprint density at radius 2 is 2.05 bits per heavy atom. The van der Waals surface area contributed by atoms with Crippen LogP contribution in [-0.4, -0.2) is 43.0 Å². The highest BCUT2D eigenvalue weighted by Crippen LogP contribution is 2.24. The molecule has 0 saturated carbocycles. The smallest absolute Gasteiger partial charge is 0.255 e. The molecule has 1 N–H and O–H groups in total. The van der Waals surface area contributed by atoms with Crippen LogP contribution < -0.4 is 5.32 Å². The predicted molar refractivity (Wildman–Crippen MR) is 82.3 cm³/mol. The van der Waals surface area contributed by atoms with Gasteiger partial charge in [-0.1, -0.05) is 35.9 Å². The van der Waals surface area contributed by atoms with Gasteiger partial charge in [-0.05, 0) is 25.4 Å². The maximum Gasteiger partial charge on any atom is 0.255 e. The third-order valence-corrected chi connectivity index (χ3v) is 3.55. The standard InChI is InChI=1S/C15H18ClN3O/c1-17-8-5-9-19(2)15(20)13-10-18-14(16)12-7-4-3-6-11(12)13/h3-4,6-7,10,17H,5,8-9H2,1-2H3. The molecule has 0 saturated heterocycles. The van der Waals surface area contributed by atoms with E-state index in [-0.39, 0.29) is 5.91 Å². The molecule has 1 aromatic carbocycles. The Labute approximate surface area is 123 Å². The molecule has 5 heteroatoms. The quantitative estimate of drug-likeness (QED) is 0.680. The third kappa shape index (κ3) is 3.08. The Bertz CT molecular complexity index is 615. The summed E-state index contributed by atoms with van der Waals surface area (Å²) < 4.78 is 0. The first kappa shape index (κ1) is 14.8. The first-order valence-electron chi connectivity index (χ1n) is 6.58. The molecule has 106 valence electrons. The van der Waals surface area contributed by atoms with Crippen LogP contribution in [0, 0.1) is 0 Å². The number of nitrogens with one attached hydrogen (secondary N) is 1. The first-order valence-corrected chi connectivity index (χ1v) is 6.96. The minimum Gasteiger partial charge on any atom is -0.342 e. The lowest BCUT2D eigenvalue weighted by Gasteiger charge is -2.18. The van der Waals surface area contributed by atoms with E-state index in [1.54, 1.807) is 18.1 Å². The lowest BCUT2D eigenvalue weighted by molar-refractivity contribution is 0.0795. The molecule has 2 rings (SSSR count). The Kier molecular flexibility index (Phi) is 4.93. The number of pyridine rings is 1. The number of carbonyl (C=O) groups excluding carboxylic acids is 1. The van der Waals surface area contributed by atoms with Crippen molar-refractivity contribution in [2.75, 3.05) is 27.2 Å². The van der Waals surface area contributed by atoms with Gasteiger partial charge in [-0.3, -0.25) is 4.79 Å². The van der Waals surface area contributed by atoms with Crippen molar-refractivity contribution in [1.29, 1.82) is 0 Å². The Balaban J connectivity index is 2.28. The van der Waals surface area contributed by atoms with Crippen LogP contribution in [0.3, 0.4) is 0 Å². The summed E-state index contributed by atoms with van der Waals surface area (Å²) in [4.78, 5) is 18.3. The van der Waals surface area contributed by atoms with Crippen LogP contribution in [0.1, 0.15) is 16.8 Å². The van der Waals surface area contributed by atoms with Gasteiger partial charge in [0.25, 0.3) is 5.91 Å². The van der Waals surface area contributed by atoms with Gasteiger partial charge in [-0.15, -0.1) is 0 Å². The highest BCUT2D eigenvalue weighted by atomic mass is 35.5. The highest BCUT2D eigenvalue weighted by molar-refractivity contribution is 6.34. The van der Waals surface area contributed by atoms with E-state index in [0.717, 1.165) is 23.7 Å². The molecule has 2 aromatic rings. The summed E-state index contributed by atoms with van der Waals surface area (Å²) in [5.74, 6) is -0.0264. The largest absolute Gasteiger partial charge is 0.342 e. The minimum absolute atomic E-state index is 0.0264. The number of carbonyl (C=O) groups is 1. The normalized spacial score (nSPS) is 10.8. The SMILES string of the molecule is CNCCCN(C)C(=O)c1cnc(Cl)c2ccccc12. The molecule has 1 amide bonds. The number of rotatable bonds is 5. The number of fused-ring (bicyclic) bond motifs is 1. The molecule has 0 aliphatic heterocycles. The summed E-state index contributed by atoms with van der Waals surface area (Å²) in [6, 6.07) is 7.57. The van der Waals surface area contributed by atoms with E-state index in [4.69, 9.17) is 11.6 Å². The van der Waals surface area contributed by atoms with Gasteiger partial charge in [0.2, 0.25) is 0 Å². The molecule has 1 heterocycles. The van der Waals surface area contributed by atoms with E-state index >= 15 is 0 Å². The van der Waals surface area contributed by atoms with Crippen LogP contribution in [0.25, 0.3) is 10.8 Å². The molecular weight excluding hydrogens is 274 g/mol. The van der Waals surface area contributed by atoms with Crippen molar-refractivity contribution in [2.24, 2.45) is 0 Å². The summed E-state index contributed by atoms with van der Waals surface area (Å²) >= 11 is 6.07. The first-order chi connectivity index (χ1) is 9.65. The molecule has 0 spiro atoms. The van der Waals surface area contributed by atoms with Crippen LogP contribution in [0.4, 0.5) is 0 Å². The molecule has 0 radical (unpaired) electrons. The van der Waals surface area contributed by atoms with Gasteiger partial charge < -0.3 is 10.2 Å². The van der Waals surface area contributed by atoms with Gasteiger partial charge >= 0.3 is 0 Å². The molecule has 0 unspecified atom stereocenters. The second-order valence-corrected chi connectivity index (χ2v) is 5.05. The topological polar surface area (TPSA) is 45.2 Å². The number of aromatic nitrogens is 1. The van der Waals surface area contributed by atoms with Gasteiger partial charge in [0.15, 0.2) is 0 Å². The summed E-state index contributed by atoms with van der Waals surface area (Å²) in [5.41, 5.74) is 0.594. The summed E-state index contributed by atoms with van der Waals surface area (Å²) in [6.45, 7) is 1.59. The van der Waals surface area contributed by atoms with Crippen molar-refractivity contribution in [3.8, 4) is 0 Å². The molecule has 4 nitrogen and oxygen atoms in total. The zero-order valence-electron chi connectivity index (χ0n) is 11.7. The van der Waals surface area contributed by atoms with Crippen LogP contribution in [0.5, 0.6) is 0 Å². The minimum atomic E-state index is -0.0264. The van der Waals surface area contributed by atoms with E-state index < -0.39 is 0 Å². The van der Waals surface area contributed by atoms with Crippen LogP contribution >= 0.6 is 11.6 Å². The van der Waals surface area contributed by atoms with E-state index in [2.05, 4.69) is 10.3 Å². The van der Waals surface area contributed by atoms with Crippen molar-refractivity contribution in [3.05, 3.63) is 41.2 Å². The lowest BCUT2D eigenvalue weighted by atomic mass is 10.1. The number of nitrogens with zero attached hydrogens (tertiary/aromatic N) is 2. The van der Waals surface area contributed by atoms with E-state index in [0.29, 0.717) is 17.3 Å². The molecule has 1 aromatic heterocycles. The molecule has 0 atom stereocenters. The molecule has 20 heavy (non-hydrogen) atoms. The van der Waals surface area contributed by atoms with E-state index in [9.17, 15) is 4.79 Å². The number of benzene rings is 1. The fraction of sp³-hybridized carbons (Fsp3) is 0.333. The van der Waals surface area contributed by atoms with E-state index in [1.807, 2.05) is 31.3 Å². The van der Waals surface area contributed by atoms with Crippen LogP contribution in [-0.2, 0) is 0 Å². The zero-order valence-corrected chi connectivity index (χ0v) is 12.4. The van der Waals surface area contributed by atoms with Gasteiger partial charge in [0, 0.05) is 25.2 Å². The number of hydrogen-bond donors (Lipinski definition) is 1. The van der Waals surface area contributed by atoms with Crippen molar-refractivity contribution in [1.82, 2.24) is 15.2 Å². The van der Waals surface area contributed by atoms with Gasteiger partial charge in [-0.25, -0.2) is 4.98 Å². The third-order valence-electron chi connectivity index (χ3n) is 3.24. The van der Waals surface area contributed by atoms with Crippen LogP contribution in [0.2, 0.25) is 5.15 Å². The number of hydrogen-bond acceptors (Lipinski definition) is 3. The van der Waals surface area contributed by atoms with Crippen molar-refractivity contribution < 1.29 is 4.79 Å². The van der Waals surface area contributed by atoms with Crippen molar-refractivity contribution >= 4 is 28.3 Å². The fourth-order valence-corrected chi connectivity index (χ4v) is 2.34. The Hall–Kier alpha value is -1.65. The lowest BCUT2D eigenvalue weighted by Crippen LogP contribution is -2.29. The van der Waals surface area contributed by atoms with Gasteiger partial charge in [0.05, 0.1) is 5.56 Å². The van der Waals surface area contributed by atoms with Crippen molar-refractivity contribution in [3.63, 3.8) is 0 Å². The van der Waals surface area contributed by atoms with Gasteiger partial charge in [-0.2, -0.15) is 0 Å². The summed E-state index contributed by atoms with van der Waals surface area (Å²) in [7, 11) is 3.71. The fourth-order valence-electron chi connectivity index (χ4n) is 2.13. The zero-order chi connectivity index (χ0) is 14.5. The second kappa shape index (κ2) is 6.68. The number of amides is 1. The summed E-state index contributed by atoms with van der Waals surface area (Å²) in [5, 5.41) is 5.15. The maximum atomic E-state index is 12.5.